The molecule has 4 nitrogen and oxygen atoms in total. The van der Waals surface area contributed by atoms with Crippen molar-refractivity contribution in [1.82, 2.24) is 10.2 Å². The number of nitrogens with zero attached hydrogens (tertiary/aromatic N) is 1. The number of rotatable bonds is 6. The van der Waals surface area contributed by atoms with Crippen LogP contribution in [0.15, 0.2) is 34.9 Å². The predicted molar refractivity (Wildman–Crippen MR) is 84.2 cm³/mol. The van der Waals surface area contributed by atoms with Crippen molar-refractivity contribution in [2.24, 2.45) is 0 Å². The first-order chi connectivity index (χ1) is 10.3. The van der Waals surface area contributed by atoms with E-state index in [9.17, 15) is 5.11 Å². The van der Waals surface area contributed by atoms with E-state index in [1.54, 1.807) is 0 Å². The molecule has 1 aromatic heterocycles. The first-order valence-corrected chi connectivity index (χ1v) is 7.89. The number of para-hydroxylation sites is 1. The van der Waals surface area contributed by atoms with E-state index in [0.29, 0.717) is 0 Å². The normalized spacial score (nSPS) is 17.6. The maximum absolute atomic E-state index is 9.48. The molecule has 2 heterocycles. The number of likely N-dealkylation sites (tertiary alicyclic amines) is 1. The molecule has 0 radical (unpaired) electrons. The van der Waals surface area contributed by atoms with Gasteiger partial charge >= 0.3 is 0 Å². The van der Waals surface area contributed by atoms with Crippen LogP contribution in [-0.4, -0.2) is 42.3 Å². The topological polar surface area (TPSA) is 48.6 Å². The minimum Gasteiger partial charge on any atom is -0.464 e. The Morgan fingerprint density at radius 2 is 2.05 bits per heavy atom. The van der Waals surface area contributed by atoms with Gasteiger partial charge in [0.1, 0.15) is 5.58 Å². The summed E-state index contributed by atoms with van der Waals surface area (Å²) in [5.41, 5.74) is 2.19. The second-order valence-electron chi connectivity index (χ2n) is 5.86. The molecule has 0 atom stereocenters. The van der Waals surface area contributed by atoms with Crippen LogP contribution >= 0.6 is 0 Å². The lowest BCUT2D eigenvalue weighted by atomic mass is 10.1. The highest BCUT2D eigenvalue weighted by molar-refractivity contribution is 5.80. The third-order valence-corrected chi connectivity index (χ3v) is 4.26. The molecule has 0 amide bonds. The number of furan rings is 1. The summed E-state index contributed by atoms with van der Waals surface area (Å²) in [6.07, 6.45) is 4.77. The van der Waals surface area contributed by atoms with Crippen LogP contribution in [0.3, 0.4) is 0 Å². The fraction of sp³-hybridized carbons (Fsp3) is 0.529. The van der Waals surface area contributed by atoms with Crippen molar-refractivity contribution in [2.45, 2.75) is 31.9 Å². The molecular formula is C17H24N2O2. The van der Waals surface area contributed by atoms with E-state index in [1.807, 2.05) is 24.5 Å². The summed E-state index contributed by atoms with van der Waals surface area (Å²) in [7, 11) is 0. The Bertz CT molecular complexity index is 559. The van der Waals surface area contributed by atoms with E-state index in [-0.39, 0.29) is 6.10 Å². The monoisotopic (exact) mass is 288 g/mol. The number of aliphatic hydroxyl groups excluding tert-OH is 1. The molecule has 3 rings (SSSR count). The van der Waals surface area contributed by atoms with Gasteiger partial charge in [-0.1, -0.05) is 18.2 Å². The summed E-state index contributed by atoms with van der Waals surface area (Å²) < 4.78 is 5.54. The Morgan fingerprint density at radius 1 is 1.24 bits per heavy atom. The van der Waals surface area contributed by atoms with Crippen molar-refractivity contribution in [1.29, 1.82) is 0 Å². The zero-order valence-electron chi connectivity index (χ0n) is 12.4. The summed E-state index contributed by atoms with van der Waals surface area (Å²) in [5, 5.41) is 14.2. The van der Waals surface area contributed by atoms with Crippen LogP contribution in [0.1, 0.15) is 24.8 Å². The second kappa shape index (κ2) is 7.07. The second-order valence-corrected chi connectivity index (χ2v) is 5.86. The van der Waals surface area contributed by atoms with Gasteiger partial charge in [0.25, 0.3) is 0 Å². The Morgan fingerprint density at radius 3 is 2.90 bits per heavy atom. The van der Waals surface area contributed by atoms with Gasteiger partial charge < -0.3 is 19.7 Å². The Labute approximate surface area is 125 Å². The zero-order valence-corrected chi connectivity index (χ0v) is 12.4. The van der Waals surface area contributed by atoms with Gasteiger partial charge in [-0.3, -0.25) is 0 Å². The van der Waals surface area contributed by atoms with Crippen molar-refractivity contribution in [3.8, 4) is 0 Å². The van der Waals surface area contributed by atoms with Crippen molar-refractivity contribution in [3.05, 3.63) is 36.1 Å². The van der Waals surface area contributed by atoms with E-state index in [1.165, 1.54) is 10.9 Å². The molecule has 0 aliphatic carbocycles. The molecule has 2 N–H and O–H groups in total. The number of nitrogens with one attached hydrogen (secondary N) is 1. The van der Waals surface area contributed by atoms with Gasteiger partial charge in [-0.2, -0.15) is 0 Å². The molecule has 0 unspecified atom stereocenters. The van der Waals surface area contributed by atoms with Crippen molar-refractivity contribution < 1.29 is 9.52 Å². The molecule has 0 saturated carbocycles. The summed E-state index contributed by atoms with van der Waals surface area (Å²) in [4.78, 5) is 2.45. The molecule has 1 aliphatic heterocycles. The number of hydrogen-bond donors (Lipinski definition) is 2. The number of hydrogen-bond acceptors (Lipinski definition) is 4. The van der Waals surface area contributed by atoms with Crippen LogP contribution in [0.2, 0.25) is 0 Å². The number of benzene rings is 1. The maximum atomic E-state index is 9.48. The van der Waals surface area contributed by atoms with Crippen LogP contribution in [0.25, 0.3) is 11.0 Å². The van der Waals surface area contributed by atoms with E-state index >= 15 is 0 Å². The molecule has 1 aliphatic rings. The molecule has 4 heteroatoms. The highest BCUT2D eigenvalue weighted by Gasteiger charge is 2.15. The first-order valence-electron chi connectivity index (χ1n) is 7.89. The molecule has 1 saturated heterocycles. The molecule has 1 fully saturated rings. The van der Waals surface area contributed by atoms with Gasteiger partial charge in [-0.15, -0.1) is 0 Å². The van der Waals surface area contributed by atoms with Crippen LogP contribution < -0.4 is 5.32 Å². The highest BCUT2D eigenvalue weighted by atomic mass is 16.3. The molecule has 0 spiro atoms. The SMILES string of the molecule is OC1CCN(CCCNCc2coc3ccccc23)CC1. The molecule has 114 valence electrons. The van der Waals surface area contributed by atoms with Gasteiger partial charge in [-0.25, -0.2) is 0 Å². The zero-order chi connectivity index (χ0) is 14.5. The first kappa shape index (κ1) is 14.6. The fourth-order valence-electron chi connectivity index (χ4n) is 2.96. The minimum atomic E-state index is -0.0752. The van der Waals surface area contributed by atoms with Gasteiger partial charge in [0.15, 0.2) is 0 Å². The van der Waals surface area contributed by atoms with Crippen molar-refractivity contribution >= 4 is 11.0 Å². The van der Waals surface area contributed by atoms with Crippen LogP contribution in [0.5, 0.6) is 0 Å². The van der Waals surface area contributed by atoms with E-state index in [0.717, 1.165) is 57.6 Å². The largest absolute Gasteiger partial charge is 0.464 e. The lowest BCUT2D eigenvalue weighted by Crippen LogP contribution is -2.37. The summed E-state index contributed by atoms with van der Waals surface area (Å²) in [6, 6.07) is 8.16. The standard InChI is InChI=1S/C17H24N2O2/c20-15-6-10-19(11-7-15)9-3-8-18-12-14-13-21-17-5-2-1-4-16(14)17/h1-2,4-5,13,15,18,20H,3,6-12H2. The van der Waals surface area contributed by atoms with Crippen LogP contribution in [0.4, 0.5) is 0 Å². The summed E-state index contributed by atoms with van der Waals surface area (Å²) in [6.45, 7) is 5.06. The van der Waals surface area contributed by atoms with Crippen LogP contribution in [0, 0.1) is 0 Å². The molecule has 1 aromatic carbocycles. The minimum absolute atomic E-state index is 0.0752. The fourth-order valence-corrected chi connectivity index (χ4v) is 2.96. The van der Waals surface area contributed by atoms with E-state index in [2.05, 4.69) is 16.3 Å². The smallest absolute Gasteiger partial charge is 0.134 e. The average Bonchev–Trinajstić information content (AvgIpc) is 2.92. The number of fused-ring (bicyclic) bond motifs is 1. The van der Waals surface area contributed by atoms with Gasteiger partial charge in [-0.05, 0) is 38.4 Å². The third kappa shape index (κ3) is 3.84. The Balaban J connectivity index is 1.37. The third-order valence-electron chi connectivity index (χ3n) is 4.26. The molecule has 0 bridgehead atoms. The highest BCUT2D eigenvalue weighted by Crippen LogP contribution is 2.20. The number of aliphatic hydroxyl groups is 1. The molecular weight excluding hydrogens is 264 g/mol. The predicted octanol–water partition coefficient (Wildman–Crippen LogP) is 2.37. The van der Waals surface area contributed by atoms with Gasteiger partial charge in [0.2, 0.25) is 0 Å². The average molecular weight is 288 g/mol. The summed E-state index contributed by atoms with van der Waals surface area (Å²) >= 11 is 0. The quantitative estimate of drug-likeness (QED) is 0.801. The van der Waals surface area contributed by atoms with E-state index in [4.69, 9.17) is 4.42 Å². The molecule has 21 heavy (non-hydrogen) atoms. The van der Waals surface area contributed by atoms with Crippen molar-refractivity contribution in [2.75, 3.05) is 26.2 Å². The maximum Gasteiger partial charge on any atom is 0.134 e. The lowest BCUT2D eigenvalue weighted by Gasteiger charge is -2.29. The lowest BCUT2D eigenvalue weighted by molar-refractivity contribution is 0.0821. The summed E-state index contributed by atoms with van der Waals surface area (Å²) in [5.74, 6) is 0. The Kier molecular flexibility index (Phi) is 4.91. The molecule has 2 aromatic rings. The Hall–Kier alpha value is -1.36. The number of piperidine rings is 1. The van der Waals surface area contributed by atoms with Crippen molar-refractivity contribution in [3.63, 3.8) is 0 Å². The van der Waals surface area contributed by atoms with E-state index < -0.39 is 0 Å². The van der Waals surface area contributed by atoms with Gasteiger partial charge in [0.05, 0.1) is 12.4 Å². The van der Waals surface area contributed by atoms with Crippen LogP contribution in [-0.2, 0) is 6.54 Å². The van der Waals surface area contributed by atoms with Gasteiger partial charge in [0, 0.05) is 30.6 Å².